The van der Waals surface area contributed by atoms with E-state index in [1.807, 2.05) is 19.4 Å². The molecular weight excluding hydrogens is 252 g/mol. The molecule has 1 atom stereocenters. The summed E-state index contributed by atoms with van der Waals surface area (Å²) in [7, 11) is 1.91. The van der Waals surface area contributed by atoms with E-state index in [-0.39, 0.29) is 11.9 Å². The summed E-state index contributed by atoms with van der Waals surface area (Å²) < 4.78 is 1.79. The monoisotopic (exact) mass is 278 g/mol. The molecule has 20 heavy (non-hydrogen) atoms. The van der Waals surface area contributed by atoms with Gasteiger partial charge in [0.2, 0.25) is 5.91 Å². The molecule has 0 saturated carbocycles. The Morgan fingerprint density at radius 3 is 2.95 bits per heavy atom. The van der Waals surface area contributed by atoms with E-state index < -0.39 is 0 Å². The second-order valence-electron chi connectivity index (χ2n) is 5.91. The molecule has 2 heterocycles. The zero-order chi connectivity index (χ0) is 14.5. The number of nitrogens with one attached hydrogen (secondary N) is 1. The summed E-state index contributed by atoms with van der Waals surface area (Å²) in [6, 6.07) is 0.488. The first-order valence-electron chi connectivity index (χ1n) is 7.59. The van der Waals surface area contributed by atoms with Gasteiger partial charge in [-0.3, -0.25) is 14.4 Å². The van der Waals surface area contributed by atoms with Gasteiger partial charge in [-0.2, -0.15) is 5.10 Å². The van der Waals surface area contributed by atoms with Crippen LogP contribution >= 0.6 is 0 Å². The van der Waals surface area contributed by atoms with Crippen LogP contribution in [-0.2, 0) is 18.3 Å². The number of aromatic nitrogens is 2. The predicted molar refractivity (Wildman–Crippen MR) is 79.4 cm³/mol. The van der Waals surface area contributed by atoms with Crippen molar-refractivity contribution in [1.82, 2.24) is 20.0 Å². The van der Waals surface area contributed by atoms with Gasteiger partial charge in [0, 0.05) is 25.8 Å². The normalized spacial score (nSPS) is 20.3. The number of nitrogens with zero attached hydrogens (tertiary/aromatic N) is 3. The minimum atomic E-state index is 0.0534. The molecule has 2 rings (SSSR count). The predicted octanol–water partition coefficient (Wildman–Crippen LogP) is 1.34. The van der Waals surface area contributed by atoms with Crippen molar-refractivity contribution in [2.45, 2.75) is 51.6 Å². The number of carbonyl (C=O) groups excluding carboxylic acids is 1. The Balaban J connectivity index is 1.81. The molecule has 1 aliphatic heterocycles. The first-order valence-corrected chi connectivity index (χ1v) is 7.59. The fourth-order valence-electron chi connectivity index (χ4n) is 2.90. The number of piperidine rings is 1. The Bertz CT molecular complexity index is 441. The number of likely N-dealkylation sites (tertiary alicyclic amines) is 1. The molecule has 5 heteroatoms. The molecule has 1 N–H and O–H groups in total. The van der Waals surface area contributed by atoms with Crippen molar-refractivity contribution in [2.75, 3.05) is 13.1 Å². The number of amides is 1. The molecule has 0 aromatic carbocycles. The zero-order valence-electron chi connectivity index (χ0n) is 12.8. The van der Waals surface area contributed by atoms with E-state index in [0.29, 0.717) is 12.6 Å². The standard InChI is InChI=1S/C15H26N4O/c1-12(2)19-9-5-4-6-14(19)15(20)16-8-7-13-10-17-18(3)11-13/h10-12,14H,4-9H2,1-3H3,(H,16,20)/t14-/m0/s1. The molecule has 1 saturated heterocycles. The van der Waals surface area contributed by atoms with E-state index in [2.05, 4.69) is 29.2 Å². The molecule has 1 aromatic heterocycles. The SMILES string of the molecule is CC(C)N1CCCC[C@H]1C(=O)NCCc1cnn(C)c1. The van der Waals surface area contributed by atoms with Crippen LogP contribution in [0.1, 0.15) is 38.7 Å². The third-order valence-corrected chi connectivity index (χ3v) is 3.98. The van der Waals surface area contributed by atoms with Gasteiger partial charge >= 0.3 is 0 Å². The Morgan fingerprint density at radius 1 is 1.50 bits per heavy atom. The molecule has 0 spiro atoms. The molecule has 112 valence electrons. The topological polar surface area (TPSA) is 50.2 Å². The van der Waals surface area contributed by atoms with Crippen LogP contribution in [0.25, 0.3) is 0 Å². The second-order valence-corrected chi connectivity index (χ2v) is 5.91. The summed E-state index contributed by atoms with van der Waals surface area (Å²) in [6.07, 6.45) is 8.03. The van der Waals surface area contributed by atoms with Crippen molar-refractivity contribution in [2.24, 2.45) is 7.05 Å². The third-order valence-electron chi connectivity index (χ3n) is 3.98. The Hall–Kier alpha value is -1.36. The molecule has 0 radical (unpaired) electrons. The molecule has 1 amide bonds. The van der Waals surface area contributed by atoms with Crippen LogP contribution in [0.4, 0.5) is 0 Å². The quantitative estimate of drug-likeness (QED) is 0.884. The average molecular weight is 278 g/mol. The maximum absolute atomic E-state index is 12.3. The lowest BCUT2D eigenvalue weighted by Crippen LogP contribution is -2.52. The Morgan fingerprint density at radius 2 is 2.30 bits per heavy atom. The van der Waals surface area contributed by atoms with Gasteiger partial charge in [-0.05, 0) is 45.2 Å². The second kappa shape index (κ2) is 6.88. The number of rotatable bonds is 5. The summed E-state index contributed by atoms with van der Waals surface area (Å²) in [5.74, 6) is 0.183. The highest BCUT2D eigenvalue weighted by molar-refractivity contribution is 5.81. The minimum absolute atomic E-state index is 0.0534. The largest absolute Gasteiger partial charge is 0.354 e. The maximum atomic E-state index is 12.3. The molecule has 0 aliphatic carbocycles. The summed E-state index contributed by atoms with van der Waals surface area (Å²) >= 11 is 0. The van der Waals surface area contributed by atoms with Crippen LogP contribution in [0.5, 0.6) is 0 Å². The smallest absolute Gasteiger partial charge is 0.237 e. The van der Waals surface area contributed by atoms with Gasteiger partial charge < -0.3 is 5.32 Å². The van der Waals surface area contributed by atoms with Gasteiger partial charge in [-0.15, -0.1) is 0 Å². The van der Waals surface area contributed by atoms with Crippen molar-refractivity contribution >= 4 is 5.91 Å². The van der Waals surface area contributed by atoms with Crippen LogP contribution in [0.3, 0.4) is 0 Å². The van der Waals surface area contributed by atoms with E-state index >= 15 is 0 Å². The third kappa shape index (κ3) is 3.82. The fraction of sp³-hybridized carbons (Fsp3) is 0.733. The van der Waals surface area contributed by atoms with Crippen molar-refractivity contribution in [1.29, 1.82) is 0 Å². The highest BCUT2D eigenvalue weighted by Crippen LogP contribution is 2.19. The molecule has 0 unspecified atom stereocenters. The van der Waals surface area contributed by atoms with E-state index in [4.69, 9.17) is 0 Å². The number of hydrogen-bond donors (Lipinski definition) is 1. The zero-order valence-corrected chi connectivity index (χ0v) is 12.8. The van der Waals surface area contributed by atoms with Crippen molar-refractivity contribution < 1.29 is 4.79 Å². The first-order chi connectivity index (χ1) is 9.58. The van der Waals surface area contributed by atoms with Crippen LogP contribution in [0, 0.1) is 0 Å². The van der Waals surface area contributed by atoms with Crippen molar-refractivity contribution in [3.8, 4) is 0 Å². The van der Waals surface area contributed by atoms with Crippen molar-refractivity contribution in [3.63, 3.8) is 0 Å². The van der Waals surface area contributed by atoms with Crippen LogP contribution in [0.15, 0.2) is 12.4 Å². The van der Waals surface area contributed by atoms with Crippen LogP contribution < -0.4 is 5.32 Å². The lowest BCUT2D eigenvalue weighted by atomic mass is 9.99. The number of hydrogen-bond acceptors (Lipinski definition) is 3. The summed E-state index contributed by atoms with van der Waals surface area (Å²) in [4.78, 5) is 14.7. The summed E-state index contributed by atoms with van der Waals surface area (Å²) in [5, 5.41) is 7.21. The summed E-state index contributed by atoms with van der Waals surface area (Å²) in [6.45, 7) is 6.06. The van der Waals surface area contributed by atoms with Gasteiger partial charge in [-0.1, -0.05) is 6.42 Å². The van der Waals surface area contributed by atoms with Gasteiger partial charge in [0.1, 0.15) is 0 Å². The lowest BCUT2D eigenvalue weighted by molar-refractivity contribution is -0.128. The average Bonchev–Trinajstić information content (AvgIpc) is 2.84. The van der Waals surface area contributed by atoms with Crippen molar-refractivity contribution in [3.05, 3.63) is 18.0 Å². The van der Waals surface area contributed by atoms with Gasteiger partial charge in [0.15, 0.2) is 0 Å². The van der Waals surface area contributed by atoms with E-state index in [0.717, 1.165) is 31.4 Å². The lowest BCUT2D eigenvalue weighted by Gasteiger charge is -2.37. The minimum Gasteiger partial charge on any atom is -0.354 e. The first kappa shape index (κ1) is 15.0. The molecule has 5 nitrogen and oxygen atoms in total. The van der Waals surface area contributed by atoms with E-state index in [1.54, 1.807) is 4.68 Å². The van der Waals surface area contributed by atoms with Crippen LogP contribution in [-0.4, -0.2) is 45.8 Å². The van der Waals surface area contributed by atoms with E-state index in [9.17, 15) is 4.79 Å². The van der Waals surface area contributed by atoms with Gasteiger partial charge in [0.25, 0.3) is 0 Å². The van der Waals surface area contributed by atoms with Crippen LogP contribution in [0.2, 0.25) is 0 Å². The maximum Gasteiger partial charge on any atom is 0.237 e. The van der Waals surface area contributed by atoms with Gasteiger partial charge in [0.05, 0.1) is 12.2 Å². The molecule has 1 aliphatic rings. The Labute approximate surface area is 121 Å². The highest BCUT2D eigenvalue weighted by atomic mass is 16.2. The summed E-state index contributed by atoms with van der Waals surface area (Å²) in [5.41, 5.74) is 1.16. The Kier molecular flexibility index (Phi) is 5.17. The van der Waals surface area contributed by atoms with E-state index in [1.165, 1.54) is 6.42 Å². The molecule has 1 fully saturated rings. The number of carbonyl (C=O) groups is 1. The van der Waals surface area contributed by atoms with Gasteiger partial charge in [-0.25, -0.2) is 0 Å². The molecular formula is C15H26N4O. The highest BCUT2D eigenvalue weighted by Gasteiger charge is 2.29. The number of aryl methyl sites for hydroxylation is 1. The molecule has 0 bridgehead atoms. The fourth-order valence-corrected chi connectivity index (χ4v) is 2.90. The molecule has 1 aromatic rings.